The summed E-state index contributed by atoms with van der Waals surface area (Å²) in [6.07, 6.45) is 9.59. The Kier molecular flexibility index (Phi) is 6.68. The lowest BCUT2D eigenvalue weighted by atomic mass is 9.95. The number of benzene rings is 1. The number of sulfonamides is 1. The molecule has 7 heteroatoms. The zero-order valence-corrected chi connectivity index (χ0v) is 16.6. The van der Waals surface area contributed by atoms with Gasteiger partial charge in [-0.25, -0.2) is 13.1 Å². The molecule has 1 aromatic carbocycles. The summed E-state index contributed by atoms with van der Waals surface area (Å²) in [5.41, 5.74) is 2.84. The van der Waals surface area contributed by atoms with Gasteiger partial charge >= 0.3 is 0 Å². The van der Waals surface area contributed by atoms with Crippen molar-refractivity contribution >= 4 is 21.4 Å². The fourth-order valence-electron chi connectivity index (χ4n) is 3.40. The van der Waals surface area contributed by atoms with Gasteiger partial charge in [0, 0.05) is 31.5 Å². The minimum absolute atomic E-state index is 0.274. The highest BCUT2D eigenvalue weighted by Crippen LogP contribution is 2.29. The third-order valence-electron chi connectivity index (χ3n) is 4.83. The molecular formula is C20H28N4O2S. The summed E-state index contributed by atoms with van der Waals surface area (Å²) in [7, 11) is -3.49. The Morgan fingerprint density at radius 1 is 1.04 bits per heavy atom. The standard InChI is InChI=1S/C20H28N4O2S/c1-2-23-27(25,26)18-8-9-19(24-17-6-4-3-5-7-17)20(14-18)22-15-16-10-12-21-13-11-16/h8-14,17,22-24H,2-7,15H2,1H3. The highest BCUT2D eigenvalue weighted by atomic mass is 32.2. The van der Waals surface area contributed by atoms with Crippen LogP contribution >= 0.6 is 0 Å². The Morgan fingerprint density at radius 3 is 2.48 bits per heavy atom. The number of rotatable bonds is 8. The molecule has 1 aliphatic rings. The van der Waals surface area contributed by atoms with Gasteiger partial charge in [0.05, 0.1) is 16.3 Å². The van der Waals surface area contributed by atoms with Crippen LogP contribution in [0, 0.1) is 0 Å². The van der Waals surface area contributed by atoms with Gasteiger partial charge in [-0.3, -0.25) is 4.98 Å². The summed E-state index contributed by atoms with van der Waals surface area (Å²) in [6, 6.07) is 9.58. The van der Waals surface area contributed by atoms with Gasteiger partial charge in [0.1, 0.15) is 0 Å². The van der Waals surface area contributed by atoms with Gasteiger partial charge in [0.15, 0.2) is 0 Å². The average molecular weight is 389 g/mol. The molecule has 0 unspecified atom stereocenters. The predicted molar refractivity (Wildman–Crippen MR) is 109 cm³/mol. The lowest BCUT2D eigenvalue weighted by Crippen LogP contribution is -2.24. The zero-order valence-electron chi connectivity index (χ0n) is 15.7. The second kappa shape index (κ2) is 9.19. The van der Waals surface area contributed by atoms with Crippen molar-refractivity contribution in [3.8, 4) is 0 Å². The summed E-state index contributed by atoms with van der Waals surface area (Å²) in [6.45, 7) is 2.75. The molecule has 1 heterocycles. The van der Waals surface area contributed by atoms with Crippen molar-refractivity contribution < 1.29 is 8.42 Å². The van der Waals surface area contributed by atoms with E-state index in [0.717, 1.165) is 29.8 Å². The molecule has 6 nitrogen and oxygen atoms in total. The Labute approximate surface area is 161 Å². The third kappa shape index (κ3) is 5.43. The normalized spacial score (nSPS) is 15.4. The summed E-state index contributed by atoms with van der Waals surface area (Å²) in [5, 5.41) is 7.00. The minimum Gasteiger partial charge on any atom is -0.381 e. The summed E-state index contributed by atoms with van der Waals surface area (Å²) < 4.78 is 27.3. The van der Waals surface area contributed by atoms with E-state index >= 15 is 0 Å². The van der Waals surface area contributed by atoms with E-state index in [1.54, 1.807) is 31.5 Å². The number of anilines is 2. The van der Waals surface area contributed by atoms with Crippen LogP contribution in [0.1, 0.15) is 44.6 Å². The van der Waals surface area contributed by atoms with Crippen LogP contribution in [0.25, 0.3) is 0 Å². The van der Waals surface area contributed by atoms with Crippen LogP contribution in [-0.2, 0) is 16.6 Å². The van der Waals surface area contributed by atoms with E-state index in [0.29, 0.717) is 19.1 Å². The SMILES string of the molecule is CCNS(=O)(=O)c1ccc(NC2CCCCC2)c(NCc2ccncc2)c1. The molecule has 0 atom stereocenters. The van der Waals surface area contributed by atoms with E-state index in [1.165, 1.54) is 19.3 Å². The lowest BCUT2D eigenvalue weighted by Gasteiger charge is -2.25. The van der Waals surface area contributed by atoms with Crippen molar-refractivity contribution in [2.45, 2.75) is 56.5 Å². The molecule has 0 aliphatic heterocycles. The van der Waals surface area contributed by atoms with E-state index in [4.69, 9.17) is 0 Å². The molecule has 2 aromatic rings. The first-order valence-corrected chi connectivity index (χ1v) is 11.1. The molecule has 0 radical (unpaired) electrons. The Morgan fingerprint density at radius 2 is 1.78 bits per heavy atom. The van der Waals surface area contributed by atoms with Crippen molar-refractivity contribution in [3.63, 3.8) is 0 Å². The molecule has 3 N–H and O–H groups in total. The smallest absolute Gasteiger partial charge is 0.240 e. The van der Waals surface area contributed by atoms with Crippen LogP contribution in [0.4, 0.5) is 11.4 Å². The van der Waals surface area contributed by atoms with E-state index in [-0.39, 0.29) is 4.90 Å². The molecule has 0 saturated heterocycles. The van der Waals surface area contributed by atoms with E-state index in [1.807, 2.05) is 18.2 Å². The maximum atomic E-state index is 12.4. The number of hydrogen-bond donors (Lipinski definition) is 3. The molecular weight excluding hydrogens is 360 g/mol. The van der Waals surface area contributed by atoms with Gasteiger partial charge in [0.2, 0.25) is 10.0 Å². The van der Waals surface area contributed by atoms with Crippen molar-refractivity contribution in [1.29, 1.82) is 0 Å². The molecule has 3 rings (SSSR count). The number of aromatic nitrogens is 1. The van der Waals surface area contributed by atoms with Crippen LogP contribution in [0.2, 0.25) is 0 Å². The number of nitrogens with zero attached hydrogens (tertiary/aromatic N) is 1. The maximum Gasteiger partial charge on any atom is 0.240 e. The predicted octanol–water partition coefficient (Wildman–Crippen LogP) is 3.74. The molecule has 27 heavy (non-hydrogen) atoms. The molecule has 0 bridgehead atoms. The van der Waals surface area contributed by atoms with E-state index in [9.17, 15) is 8.42 Å². The highest BCUT2D eigenvalue weighted by Gasteiger charge is 2.18. The van der Waals surface area contributed by atoms with Gasteiger partial charge < -0.3 is 10.6 Å². The molecule has 1 aliphatic carbocycles. The van der Waals surface area contributed by atoms with Gasteiger partial charge in [0.25, 0.3) is 0 Å². The van der Waals surface area contributed by atoms with Gasteiger partial charge in [-0.15, -0.1) is 0 Å². The second-order valence-corrected chi connectivity index (χ2v) is 8.66. The molecule has 1 saturated carbocycles. The number of hydrogen-bond acceptors (Lipinski definition) is 5. The first-order valence-electron chi connectivity index (χ1n) is 9.61. The fraction of sp³-hybridized carbons (Fsp3) is 0.450. The monoisotopic (exact) mass is 388 g/mol. The van der Waals surface area contributed by atoms with Crippen molar-refractivity contribution in [2.24, 2.45) is 0 Å². The van der Waals surface area contributed by atoms with Crippen LogP contribution in [0.15, 0.2) is 47.6 Å². The molecule has 1 aromatic heterocycles. The molecule has 0 spiro atoms. The number of pyridine rings is 1. The zero-order chi connectivity index (χ0) is 19.1. The van der Waals surface area contributed by atoms with Crippen LogP contribution in [0.3, 0.4) is 0 Å². The highest BCUT2D eigenvalue weighted by molar-refractivity contribution is 7.89. The lowest BCUT2D eigenvalue weighted by molar-refractivity contribution is 0.463. The third-order valence-corrected chi connectivity index (χ3v) is 6.38. The van der Waals surface area contributed by atoms with Gasteiger partial charge in [-0.2, -0.15) is 0 Å². The first-order chi connectivity index (χ1) is 13.1. The van der Waals surface area contributed by atoms with Crippen LogP contribution < -0.4 is 15.4 Å². The minimum atomic E-state index is -3.49. The van der Waals surface area contributed by atoms with E-state index < -0.39 is 10.0 Å². The van der Waals surface area contributed by atoms with Crippen molar-refractivity contribution in [3.05, 3.63) is 48.3 Å². The van der Waals surface area contributed by atoms with Crippen LogP contribution in [-0.4, -0.2) is 26.0 Å². The first kappa shape index (κ1) is 19.6. The fourth-order valence-corrected chi connectivity index (χ4v) is 4.47. The average Bonchev–Trinajstić information content (AvgIpc) is 2.68. The van der Waals surface area contributed by atoms with Gasteiger partial charge in [-0.1, -0.05) is 26.2 Å². The largest absolute Gasteiger partial charge is 0.381 e. The molecule has 1 fully saturated rings. The van der Waals surface area contributed by atoms with Crippen molar-refractivity contribution in [1.82, 2.24) is 9.71 Å². The summed E-state index contributed by atoms with van der Waals surface area (Å²) >= 11 is 0. The summed E-state index contributed by atoms with van der Waals surface area (Å²) in [4.78, 5) is 4.31. The van der Waals surface area contributed by atoms with E-state index in [2.05, 4.69) is 20.3 Å². The Bertz CT molecular complexity index is 834. The quantitative estimate of drug-likeness (QED) is 0.642. The Balaban J connectivity index is 1.84. The van der Waals surface area contributed by atoms with Crippen LogP contribution in [0.5, 0.6) is 0 Å². The van der Waals surface area contributed by atoms with Gasteiger partial charge in [-0.05, 0) is 48.7 Å². The second-order valence-electron chi connectivity index (χ2n) is 6.90. The number of nitrogens with one attached hydrogen (secondary N) is 3. The molecule has 0 amide bonds. The maximum absolute atomic E-state index is 12.4. The molecule has 146 valence electrons. The summed E-state index contributed by atoms with van der Waals surface area (Å²) in [5.74, 6) is 0. The Hall–Kier alpha value is -2.12. The van der Waals surface area contributed by atoms with Crippen molar-refractivity contribution in [2.75, 3.05) is 17.2 Å². The topological polar surface area (TPSA) is 83.1 Å².